The number of carbonyl (C=O) groups excluding carboxylic acids is 2. The monoisotopic (exact) mass is 367 g/mol. The van der Waals surface area contributed by atoms with E-state index in [1.54, 1.807) is 0 Å². The van der Waals surface area contributed by atoms with Crippen LogP contribution in [0.2, 0.25) is 0 Å². The second-order valence-corrected chi connectivity index (χ2v) is 6.66. The molecule has 1 unspecified atom stereocenters. The minimum atomic E-state index is -0.305. The van der Waals surface area contributed by atoms with Crippen molar-refractivity contribution < 1.29 is 9.59 Å². The van der Waals surface area contributed by atoms with Gasteiger partial charge in [0.2, 0.25) is 11.8 Å². The SMILES string of the molecule is Cc1cc(NC(=O)CN2CCCCC2CC(N)=O)ccc1Br. The zero-order valence-electron chi connectivity index (χ0n) is 12.8. The van der Waals surface area contributed by atoms with E-state index < -0.39 is 0 Å². The molecule has 0 bridgehead atoms. The highest BCUT2D eigenvalue weighted by Gasteiger charge is 2.25. The van der Waals surface area contributed by atoms with Gasteiger partial charge in [-0.1, -0.05) is 22.4 Å². The molecule has 2 rings (SSSR count). The first-order chi connectivity index (χ1) is 10.5. The van der Waals surface area contributed by atoms with Gasteiger partial charge in [0, 0.05) is 22.6 Å². The maximum absolute atomic E-state index is 12.2. The number of hydrogen-bond acceptors (Lipinski definition) is 3. The summed E-state index contributed by atoms with van der Waals surface area (Å²) in [4.78, 5) is 25.4. The van der Waals surface area contributed by atoms with Crippen molar-refractivity contribution in [3.05, 3.63) is 28.2 Å². The molecule has 1 aromatic rings. The zero-order valence-corrected chi connectivity index (χ0v) is 14.4. The van der Waals surface area contributed by atoms with E-state index in [0.717, 1.165) is 41.5 Å². The lowest BCUT2D eigenvalue weighted by Crippen LogP contribution is -2.45. The number of rotatable bonds is 5. The third-order valence-electron chi connectivity index (χ3n) is 3.97. The van der Waals surface area contributed by atoms with Gasteiger partial charge in [0.25, 0.3) is 0 Å². The first-order valence-corrected chi connectivity index (χ1v) is 8.33. The first kappa shape index (κ1) is 17.0. The third-order valence-corrected chi connectivity index (χ3v) is 4.86. The number of primary amides is 1. The van der Waals surface area contributed by atoms with Gasteiger partial charge in [-0.05, 0) is 50.1 Å². The number of benzene rings is 1. The Kier molecular flexibility index (Phi) is 5.97. The number of nitrogens with one attached hydrogen (secondary N) is 1. The van der Waals surface area contributed by atoms with E-state index >= 15 is 0 Å². The third kappa shape index (κ3) is 4.81. The molecule has 1 saturated heterocycles. The smallest absolute Gasteiger partial charge is 0.238 e. The lowest BCUT2D eigenvalue weighted by molar-refractivity contribution is -0.122. The fraction of sp³-hybridized carbons (Fsp3) is 0.500. The van der Waals surface area contributed by atoms with Crippen LogP contribution in [0.25, 0.3) is 0 Å². The summed E-state index contributed by atoms with van der Waals surface area (Å²) in [7, 11) is 0. The van der Waals surface area contributed by atoms with Gasteiger partial charge in [-0.15, -0.1) is 0 Å². The summed E-state index contributed by atoms with van der Waals surface area (Å²) >= 11 is 3.44. The van der Waals surface area contributed by atoms with Crippen molar-refractivity contribution in [3.8, 4) is 0 Å². The number of nitrogens with zero attached hydrogens (tertiary/aromatic N) is 1. The Morgan fingerprint density at radius 3 is 2.86 bits per heavy atom. The van der Waals surface area contributed by atoms with Crippen molar-refractivity contribution in [2.45, 2.75) is 38.6 Å². The van der Waals surface area contributed by atoms with Gasteiger partial charge < -0.3 is 11.1 Å². The van der Waals surface area contributed by atoms with Gasteiger partial charge >= 0.3 is 0 Å². The number of aryl methyl sites for hydroxylation is 1. The molecule has 6 heteroatoms. The van der Waals surface area contributed by atoms with Crippen LogP contribution >= 0.6 is 15.9 Å². The predicted octanol–water partition coefficient (Wildman–Crippen LogP) is 2.43. The summed E-state index contributed by atoms with van der Waals surface area (Å²) in [5.41, 5.74) is 7.16. The number of halogens is 1. The fourth-order valence-electron chi connectivity index (χ4n) is 2.84. The molecular formula is C16H22BrN3O2. The maximum atomic E-state index is 12.2. The minimum absolute atomic E-state index is 0.0573. The van der Waals surface area contributed by atoms with Crippen LogP contribution in [0.5, 0.6) is 0 Å². The van der Waals surface area contributed by atoms with Crippen molar-refractivity contribution in [2.75, 3.05) is 18.4 Å². The molecule has 5 nitrogen and oxygen atoms in total. The van der Waals surface area contributed by atoms with Gasteiger partial charge in [0.1, 0.15) is 0 Å². The highest BCUT2D eigenvalue weighted by Crippen LogP contribution is 2.21. The number of hydrogen-bond donors (Lipinski definition) is 2. The van der Waals surface area contributed by atoms with Crippen LogP contribution in [0, 0.1) is 6.92 Å². The zero-order chi connectivity index (χ0) is 16.1. The molecule has 0 aliphatic carbocycles. The topological polar surface area (TPSA) is 75.4 Å². The van der Waals surface area contributed by atoms with E-state index in [1.165, 1.54) is 0 Å². The first-order valence-electron chi connectivity index (χ1n) is 7.54. The molecule has 1 aromatic carbocycles. The highest BCUT2D eigenvalue weighted by atomic mass is 79.9. The Balaban J connectivity index is 1.94. The molecule has 1 atom stereocenters. The van der Waals surface area contributed by atoms with Crippen molar-refractivity contribution in [1.82, 2.24) is 4.90 Å². The van der Waals surface area contributed by atoms with E-state index in [9.17, 15) is 9.59 Å². The molecule has 1 aliphatic rings. The summed E-state index contributed by atoms with van der Waals surface area (Å²) < 4.78 is 1.02. The Hall–Kier alpha value is -1.40. The minimum Gasteiger partial charge on any atom is -0.370 e. The van der Waals surface area contributed by atoms with Crippen LogP contribution in [0.1, 0.15) is 31.2 Å². The molecule has 0 spiro atoms. The van der Waals surface area contributed by atoms with E-state index in [2.05, 4.69) is 26.1 Å². The Morgan fingerprint density at radius 1 is 1.41 bits per heavy atom. The summed E-state index contributed by atoms with van der Waals surface area (Å²) in [6.45, 7) is 3.12. The largest absolute Gasteiger partial charge is 0.370 e. The normalized spacial score (nSPS) is 18.9. The molecule has 0 saturated carbocycles. The van der Waals surface area contributed by atoms with Crippen molar-refractivity contribution in [2.24, 2.45) is 5.73 Å². The van der Waals surface area contributed by atoms with Crippen molar-refractivity contribution in [1.29, 1.82) is 0 Å². The average molecular weight is 368 g/mol. The number of amides is 2. The summed E-state index contributed by atoms with van der Waals surface area (Å²) in [6, 6.07) is 5.80. The Labute approximate surface area is 139 Å². The number of carbonyl (C=O) groups is 2. The van der Waals surface area contributed by atoms with Gasteiger partial charge in [0.05, 0.1) is 6.54 Å². The van der Waals surface area contributed by atoms with Crippen LogP contribution in [-0.4, -0.2) is 35.8 Å². The Bertz CT molecular complexity index is 562. The maximum Gasteiger partial charge on any atom is 0.238 e. The van der Waals surface area contributed by atoms with Gasteiger partial charge in [-0.2, -0.15) is 0 Å². The van der Waals surface area contributed by atoms with Crippen LogP contribution in [0.15, 0.2) is 22.7 Å². The number of anilines is 1. The molecule has 1 fully saturated rings. The predicted molar refractivity (Wildman–Crippen MR) is 90.5 cm³/mol. The number of nitrogens with two attached hydrogens (primary N) is 1. The quantitative estimate of drug-likeness (QED) is 0.838. The summed E-state index contributed by atoms with van der Waals surface area (Å²) in [5, 5.41) is 2.91. The molecule has 3 N–H and O–H groups in total. The number of piperidine rings is 1. The molecule has 22 heavy (non-hydrogen) atoms. The molecule has 2 amide bonds. The molecule has 1 heterocycles. The molecule has 0 radical (unpaired) electrons. The molecule has 120 valence electrons. The van der Waals surface area contributed by atoms with Crippen LogP contribution in [0.3, 0.4) is 0 Å². The highest BCUT2D eigenvalue weighted by molar-refractivity contribution is 9.10. The van der Waals surface area contributed by atoms with E-state index in [0.29, 0.717) is 13.0 Å². The van der Waals surface area contributed by atoms with Crippen molar-refractivity contribution in [3.63, 3.8) is 0 Å². The van der Waals surface area contributed by atoms with E-state index in [4.69, 9.17) is 5.73 Å². The second kappa shape index (κ2) is 7.74. The van der Waals surface area contributed by atoms with Gasteiger partial charge in [-0.25, -0.2) is 0 Å². The van der Waals surface area contributed by atoms with Crippen LogP contribution in [-0.2, 0) is 9.59 Å². The molecular weight excluding hydrogens is 346 g/mol. The van der Waals surface area contributed by atoms with Crippen molar-refractivity contribution >= 4 is 33.4 Å². The standard InChI is InChI=1S/C16H22BrN3O2/c1-11-8-12(5-6-14(11)17)19-16(22)10-20-7-3-2-4-13(20)9-15(18)21/h5-6,8,13H,2-4,7,9-10H2,1H3,(H2,18,21)(H,19,22). The van der Waals surface area contributed by atoms with Crippen LogP contribution in [0.4, 0.5) is 5.69 Å². The van der Waals surface area contributed by atoms with E-state index in [1.807, 2.05) is 25.1 Å². The second-order valence-electron chi connectivity index (χ2n) is 5.80. The number of likely N-dealkylation sites (tertiary alicyclic amines) is 1. The Morgan fingerprint density at radius 2 is 2.18 bits per heavy atom. The summed E-state index contributed by atoms with van der Waals surface area (Å²) in [6.07, 6.45) is 3.39. The van der Waals surface area contributed by atoms with Gasteiger partial charge in [-0.3, -0.25) is 14.5 Å². The average Bonchev–Trinajstić information content (AvgIpc) is 2.44. The lowest BCUT2D eigenvalue weighted by Gasteiger charge is -2.34. The van der Waals surface area contributed by atoms with Crippen LogP contribution < -0.4 is 11.1 Å². The fourth-order valence-corrected chi connectivity index (χ4v) is 3.09. The summed E-state index contributed by atoms with van der Waals surface area (Å²) in [5.74, 6) is -0.362. The van der Waals surface area contributed by atoms with E-state index in [-0.39, 0.29) is 17.9 Å². The molecule has 0 aromatic heterocycles. The molecule has 1 aliphatic heterocycles. The lowest BCUT2D eigenvalue weighted by atomic mass is 9.99. The van der Waals surface area contributed by atoms with Gasteiger partial charge in [0.15, 0.2) is 0 Å².